The number of carboxylic acids is 1. The number of unbranched alkanes of at least 4 members (excludes halogenated alkanes) is 1. The second-order valence-corrected chi connectivity index (χ2v) is 11.8. The molecule has 0 spiro atoms. The molecule has 0 radical (unpaired) electrons. The Morgan fingerprint density at radius 3 is 2.53 bits per heavy atom. The molecule has 236 valence electrons. The molecule has 10 nitrogen and oxygen atoms in total. The van der Waals surface area contributed by atoms with Gasteiger partial charge in [0, 0.05) is 37.2 Å². The van der Waals surface area contributed by atoms with Gasteiger partial charge in [-0.15, -0.1) is 0 Å². The van der Waals surface area contributed by atoms with E-state index < -0.39 is 17.8 Å². The molecule has 1 saturated heterocycles. The molecule has 3 atom stereocenters. The van der Waals surface area contributed by atoms with Crippen LogP contribution in [-0.4, -0.2) is 104 Å². The number of fused-ring (bicyclic) bond motifs is 1. The van der Waals surface area contributed by atoms with E-state index in [0.717, 1.165) is 42.7 Å². The maximum absolute atomic E-state index is 13.8. The van der Waals surface area contributed by atoms with Crippen molar-refractivity contribution in [3.8, 4) is 17.2 Å². The third kappa shape index (κ3) is 7.99. The predicted octanol–water partition coefficient (Wildman–Crippen LogP) is 3.60. The average Bonchev–Trinajstić information content (AvgIpc) is 3.62. The zero-order valence-corrected chi connectivity index (χ0v) is 26.0. The quantitative estimate of drug-likeness (QED) is 0.300. The fourth-order valence-electron chi connectivity index (χ4n) is 6.40. The molecule has 0 unspecified atom stereocenters. The van der Waals surface area contributed by atoms with Crippen molar-refractivity contribution in [1.82, 2.24) is 14.7 Å². The molecule has 1 amide bonds. The van der Waals surface area contributed by atoms with Crippen molar-refractivity contribution in [2.75, 3.05) is 60.7 Å². The normalized spacial score (nSPS) is 19.6. The van der Waals surface area contributed by atoms with Crippen molar-refractivity contribution >= 4 is 11.9 Å². The lowest BCUT2D eigenvalue weighted by atomic mass is 9.82. The molecule has 2 heterocycles. The second kappa shape index (κ2) is 15.4. The number of aliphatic hydroxyl groups is 1. The lowest BCUT2D eigenvalue weighted by Gasteiger charge is -2.30. The highest BCUT2D eigenvalue weighted by Gasteiger charge is 2.47. The summed E-state index contributed by atoms with van der Waals surface area (Å²) in [5, 5.41) is 20.7. The number of carbonyl (C=O) groups excluding carboxylic acids is 1. The van der Waals surface area contributed by atoms with Gasteiger partial charge in [0.2, 0.25) is 12.7 Å². The maximum atomic E-state index is 13.8. The van der Waals surface area contributed by atoms with Gasteiger partial charge >= 0.3 is 5.97 Å². The topological polar surface area (TPSA) is 112 Å². The van der Waals surface area contributed by atoms with Gasteiger partial charge in [-0.05, 0) is 75.6 Å². The lowest BCUT2D eigenvalue weighted by molar-refractivity contribution is -0.143. The monoisotopic (exact) mass is 597 g/mol. The minimum Gasteiger partial charge on any atom is -0.496 e. The van der Waals surface area contributed by atoms with E-state index in [1.165, 1.54) is 0 Å². The molecular weight excluding hydrogens is 550 g/mol. The van der Waals surface area contributed by atoms with Crippen molar-refractivity contribution in [2.45, 2.75) is 57.6 Å². The van der Waals surface area contributed by atoms with Gasteiger partial charge in [-0.1, -0.05) is 31.5 Å². The molecule has 0 aromatic heterocycles. The Morgan fingerprint density at radius 2 is 1.84 bits per heavy atom. The molecule has 1 fully saturated rings. The van der Waals surface area contributed by atoms with Crippen molar-refractivity contribution in [1.29, 1.82) is 0 Å². The standard InChI is InChI=1S/C33H47N3O7/c1-5-6-15-35(16-9-14-34(2)3)30(38)20-36-19-26(24-17-25(21-37)32-29(18-24)42-22-43-32)31(33(39)40)27(36)13-12-23-10-7-8-11-28(23)41-4/h7-8,10-11,17-18,26-27,31,37H,5-6,9,12-16,19-22H2,1-4H3,(H,39,40)/t26-,27+,31-/m1/s1. The van der Waals surface area contributed by atoms with Crippen LogP contribution in [0.2, 0.25) is 0 Å². The summed E-state index contributed by atoms with van der Waals surface area (Å²) in [5.41, 5.74) is 2.34. The minimum absolute atomic E-state index is 0.0287. The van der Waals surface area contributed by atoms with E-state index in [1.54, 1.807) is 7.11 Å². The number of rotatable bonds is 16. The van der Waals surface area contributed by atoms with Gasteiger partial charge in [0.1, 0.15) is 5.75 Å². The zero-order valence-electron chi connectivity index (χ0n) is 26.0. The fourth-order valence-corrected chi connectivity index (χ4v) is 6.40. The number of aryl methyl sites for hydroxylation is 1. The second-order valence-electron chi connectivity index (χ2n) is 11.8. The Labute approximate surface area is 255 Å². The zero-order chi connectivity index (χ0) is 30.9. The first-order valence-electron chi connectivity index (χ1n) is 15.3. The van der Waals surface area contributed by atoms with Crippen molar-refractivity contribution in [3.63, 3.8) is 0 Å². The average molecular weight is 598 g/mol. The fraction of sp³-hybridized carbons (Fsp3) is 0.576. The van der Waals surface area contributed by atoms with Crippen molar-refractivity contribution in [2.24, 2.45) is 5.92 Å². The van der Waals surface area contributed by atoms with Crippen LogP contribution in [0.4, 0.5) is 0 Å². The van der Waals surface area contributed by atoms with Crippen LogP contribution in [0.15, 0.2) is 36.4 Å². The summed E-state index contributed by atoms with van der Waals surface area (Å²) >= 11 is 0. The Balaban J connectivity index is 1.64. The van der Waals surface area contributed by atoms with E-state index >= 15 is 0 Å². The smallest absolute Gasteiger partial charge is 0.308 e. The summed E-state index contributed by atoms with van der Waals surface area (Å²) < 4.78 is 16.7. The number of hydrogen-bond acceptors (Lipinski definition) is 8. The van der Waals surface area contributed by atoms with Gasteiger partial charge in [0.05, 0.1) is 26.2 Å². The third-order valence-corrected chi connectivity index (χ3v) is 8.61. The first-order valence-corrected chi connectivity index (χ1v) is 15.3. The van der Waals surface area contributed by atoms with E-state index in [0.29, 0.717) is 49.5 Å². The van der Waals surface area contributed by atoms with Gasteiger partial charge in [0.15, 0.2) is 11.5 Å². The van der Waals surface area contributed by atoms with Crippen LogP contribution >= 0.6 is 0 Å². The number of aliphatic hydroxyl groups excluding tert-OH is 1. The van der Waals surface area contributed by atoms with Gasteiger partial charge in [0.25, 0.3) is 0 Å². The van der Waals surface area contributed by atoms with Gasteiger partial charge in [-0.2, -0.15) is 0 Å². The molecule has 0 aliphatic carbocycles. The summed E-state index contributed by atoms with van der Waals surface area (Å²) in [6, 6.07) is 11.1. The molecule has 2 aliphatic heterocycles. The number of benzene rings is 2. The number of amides is 1. The SMILES string of the molecule is CCCCN(CCCN(C)C)C(=O)CN1C[C@H](c2cc(CO)c3c(c2)OCO3)[C@@H](C(=O)O)[C@@H]1CCc1ccccc1OC. The summed E-state index contributed by atoms with van der Waals surface area (Å²) in [5.74, 6) is -0.250. The Kier molecular flexibility index (Phi) is 11.7. The Morgan fingerprint density at radius 1 is 1.07 bits per heavy atom. The predicted molar refractivity (Wildman–Crippen MR) is 164 cm³/mol. The highest BCUT2D eigenvalue weighted by atomic mass is 16.7. The molecular formula is C33H47N3O7. The van der Waals surface area contributed by atoms with Crippen LogP contribution in [0, 0.1) is 5.92 Å². The summed E-state index contributed by atoms with van der Waals surface area (Å²) in [6.07, 6.45) is 3.95. The van der Waals surface area contributed by atoms with Gasteiger partial charge < -0.3 is 34.2 Å². The number of methoxy groups -OCH3 is 1. The van der Waals surface area contributed by atoms with Crippen LogP contribution in [0.1, 0.15) is 55.2 Å². The van der Waals surface area contributed by atoms with Crippen molar-refractivity contribution < 1.29 is 34.0 Å². The number of carboxylic acid groups (broad SMARTS) is 1. The van der Waals surface area contributed by atoms with E-state index in [-0.39, 0.29) is 31.9 Å². The van der Waals surface area contributed by atoms with Crippen LogP contribution < -0.4 is 14.2 Å². The first-order chi connectivity index (χ1) is 20.8. The number of hydrogen-bond donors (Lipinski definition) is 2. The number of likely N-dealkylation sites (tertiary alicyclic amines) is 1. The minimum atomic E-state index is -0.901. The number of aliphatic carboxylic acids is 1. The van der Waals surface area contributed by atoms with Crippen LogP contribution in [0.5, 0.6) is 17.2 Å². The molecule has 43 heavy (non-hydrogen) atoms. The van der Waals surface area contributed by atoms with E-state index in [9.17, 15) is 19.8 Å². The number of nitrogens with zero attached hydrogens (tertiary/aromatic N) is 3. The lowest BCUT2D eigenvalue weighted by Crippen LogP contribution is -2.45. The van der Waals surface area contributed by atoms with E-state index in [2.05, 4.69) is 16.7 Å². The molecule has 4 rings (SSSR count). The Bertz CT molecular complexity index is 1240. The highest BCUT2D eigenvalue weighted by molar-refractivity contribution is 5.79. The molecule has 2 aromatic carbocycles. The number of ether oxygens (including phenoxy) is 3. The third-order valence-electron chi connectivity index (χ3n) is 8.61. The van der Waals surface area contributed by atoms with Crippen LogP contribution in [0.25, 0.3) is 0 Å². The van der Waals surface area contributed by atoms with Crippen LogP contribution in [-0.2, 0) is 22.6 Å². The molecule has 10 heteroatoms. The van der Waals surface area contributed by atoms with Crippen LogP contribution in [0.3, 0.4) is 0 Å². The molecule has 0 bridgehead atoms. The maximum Gasteiger partial charge on any atom is 0.308 e. The number of para-hydroxylation sites is 1. The molecule has 2 N–H and O–H groups in total. The Hall–Kier alpha value is -3.34. The summed E-state index contributed by atoms with van der Waals surface area (Å²) in [6.45, 7) is 4.74. The largest absolute Gasteiger partial charge is 0.496 e. The summed E-state index contributed by atoms with van der Waals surface area (Å²) in [7, 11) is 5.69. The molecule has 2 aliphatic rings. The van der Waals surface area contributed by atoms with E-state index in [4.69, 9.17) is 14.2 Å². The first kappa shape index (κ1) is 32.6. The van der Waals surface area contributed by atoms with Crippen molar-refractivity contribution in [3.05, 3.63) is 53.1 Å². The van der Waals surface area contributed by atoms with Gasteiger partial charge in [-0.25, -0.2) is 0 Å². The number of carbonyl (C=O) groups is 2. The molecule has 0 saturated carbocycles. The van der Waals surface area contributed by atoms with E-state index in [1.807, 2.05) is 55.4 Å². The molecule has 2 aromatic rings. The summed E-state index contributed by atoms with van der Waals surface area (Å²) in [4.78, 5) is 32.9. The highest BCUT2D eigenvalue weighted by Crippen LogP contribution is 2.45. The van der Waals surface area contributed by atoms with Gasteiger partial charge in [-0.3, -0.25) is 14.5 Å².